The second-order valence-electron chi connectivity index (χ2n) is 4.57. The van der Waals surface area contributed by atoms with Gasteiger partial charge in [-0.2, -0.15) is 10.1 Å². The SMILES string of the molecule is O=C1C(=Cc2ccccc2[N+](=O)[O-])SC(=S)N1N=Cc1ccco1. The second-order valence-corrected chi connectivity index (χ2v) is 6.25. The molecule has 1 amide bonds. The summed E-state index contributed by atoms with van der Waals surface area (Å²) in [7, 11) is 0. The van der Waals surface area contributed by atoms with Gasteiger partial charge in [0.15, 0.2) is 4.32 Å². The molecule has 0 unspecified atom stereocenters. The highest BCUT2D eigenvalue weighted by Crippen LogP contribution is 2.34. The number of nitro benzene ring substituents is 1. The molecule has 1 aromatic heterocycles. The minimum atomic E-state index is -0.498. The first-order chi connectivity index (χ1) is 11.6. The molecular formula is C15H9N3O4S2. The van der Waals surface area contributed by atoms with Gasteiger partial charge in [0.2, 0.25) is 0 Å². The van der Waals surface area contributed by atoms with Crippen LogP contribution in [0.2, 0.25) is 0 Å². The summed E-state index contributed by atoms with van der Waals surface area (Å²) in [6, 6.07) is 9.55. The van der Waals surface area contributed by atoms with Crippen LogP contribution in [0.5, 0.6) is 0 Å². The molecule has 0 N–H and O–H groups in total. The van der Waals surface area contributed by atoms with Gasteiger partial charge in [0.05, 0.1) is 27.9 Å². The van der Waals surface area contributed by atoms with Crippen molar-refractivity contribution in [3.8, 4) is 0 Å². The molecule has 1 aromatic carbocycles. The van der Waals surface area contributed by atoms with Crippen LogP contribution >= 0.6 is 24.0 Å². The molecule has 0 spiro atoms. The number of hydrogen-bond donors (Lipinski definition) is 0. The second kappa shape index (κ2) is 6.77. The van der Waals surface area contributed by atoms with Gasteiger partial charge in [0.1, 0.15) is 5.76 Å². The maximum atomic E-state index is 12.4. The Hall–Kier alpha value is -2.78. The van der Waals surface area contributed by atoms with Crippen molar-refractivity contribution in [2.75, 3.05) is 0 Å². The van der Waals surface area contributed by atoms with Gasteiger partial charge in [-0.15, -0.1) is 0 Å². The van der Waals surface area contributed by atoms with E-state index in [0.29, 0.717) is 11.3 Å². The molecule has 1 saturated heterocycles. The molecule has 120 valence electrons. The Morgan fingerprint density at radius 1 is 1.29 bits per heavy atom. The molecule has 7 nitrogen and oxygen atoms in total. The van der Waals surface area contributed by atoms with Gasteiger partial charge in [-0.1, -0.05) is 23.9 Å². The van der Waals surface area contributed by atoms with E-state index in [1.807, 2.05) is 0 Å². The van der Waals surface area contributed by atoms with E-state index >= 15 is 0 Å². The first-order valence-corrected chi connectivity index (χ1v) is 7.87. The zero-order chi connectivity index (χ0) is 17.1. The monoisotopic (exact) mass is 359 g/mol. The number of furan rings is 1. The Kier molecular flexibility index (Phi) is 4.54. The summed E-state index contributed by atoms with van der Waals surface area (Å²) < 4.78 is 5.34. The van der Waals surface area contributed by atoms with Crippen LogP contribution in [-0.2, 0) is 4.79 Å². The molecule has 2 aromatic rings. The molecule has 9 heteroatoms. The van der Waals surface area contributed by atoms with Crippen molar-refractivity contribution in [1.82, 2.24) is 5.01 Å². The summed E-state index contributed by atoms with van der Waals surface area (Å²) in [4.78, 5) is 23.2. The highest BCUT2D eigenvalue weighted by molar-refractivity contribution is 8.26. The lowest BCUT2D eigenvalue weighted by atomic mass is 10.1. The fraction of sp³-hybridized carbons (Fsp3) is 0. The zero-order valence-electron chi connectivity index (χ0n) is 12.0. The predicted octanol–water partition coefficient (Wildman–Crippen LogP) is 3.42. The molecule has 2 heterocycles. The third-order valence-electron chi connectivity index (χ3n) is 3.04. The van der Waals surface area contributed by atoms with Crippen molar-refractivity contribution in [1.29, 1.82) is 0 Å². The van der Waals surface area contributed by atoms with E-state index in [2.05, 4.69) is 5.10 Å². The summed E-state index contributed by atoms with van der Waals surface area (Å²) in [5.74, 6) is 0.0395. The highest BCUT2D eigenvalue weighted by Gasteiger charge is 2.32. The number of nitrogens with zero attached hydrogens (tertiary/aromatic N) is 3. The Labute approximate surface area is 145 Å². The number of thiocarbonyl (C=S) groups is 1. The maximum absolute atomic E-state index is 12.4. The van der Waals surface area contributed by atoms with E-state index < -0.39 is 10.8 Å². The van der Waals surface area contributed by atoms with Gasteiger partial charge in [0.25, 0.3) is 11.6 Å². The van der Waals surface area contributed by atoms with Crippen LogP contribution in [0.3, 0.4) is 0 Å². The Morgan fingerprint density at radius 3 is 2.79 bits per heavy atom. The number of thioether (sulfide) groups is 1. The first-order valence-electron chi connectivity index (χ1n) is 6.65. The summed E-state index contributed by atoms with van der Waals surface area (Å²) in [6.07, 6.45) is 4.30. The van der Waals surface area contributed by atoms with Crippen LogP contribution < -0.4 is 0 Å². The quantitative estimate of drug-likeness (QED) is 0.273. The summed E-state index contributed by atoms with van der Waals surface area (Å²) in [6.45, 7) is 0. The van der Waals surface area contributed by atoms with Crippen molar-refractivity contribution < 1.29 is 14.1 Å². The van der Waals surface area contributed by atoms with Gasteiger partial charge >= 0.3 is 0 Å². The molecule has 0 radical (unpaired) electrons. The lowest BCUT2D eigenvalue weighted by Gasteiger charge is -2.05. The van der Waals surface area contributed by atoms with Gasteiger partial charge < -0.3 is 4.42 Å². The Balaban J connectivity index is 1.88. The number of amides is 1. The van der Waals surface area contributed by atoms with E-state index in [4.69, 9.17) is 16.6 Å². The van der Waals surface area contributed by atoms with Crippen LogP contribution in [0.4, 0.5) is 5.69 Å². The molecule has 1 aliphatic heterocycles. The largest absolute Gasteiger partial charge is 0.463 e. The lowest BCUT2D eigenvalue weighted by molar-refractivity contribution is -0.385. The fourth-order valence-corrected chi connectivity index (χ4v) is 3.12. The van der Waals surface area contributed by atoms with Crippen LogP contribution in [-0.4, -0.2) is 26.4 Å². The molecular weight excluding hydrogens is 350 g/mol. The van der Waals surface area contributed by atoms with E-state index in [1.165, 1.54) is 24.6 Å². The van der Waals surface area contributed by atoms with Crippen LogP contribution in [0.15, 0.2) is 57.1 Å². The number of hydrazone groups is 1. The number of carbonyl (C=O) groups excluding carboxylic acids is 1. The van der Waals surface area contributed by atoms with Gasteiger partial charge in [-0.3, -0.25) is 14.9 Å². The van der Waals surface area contributed by atoms with E-state index in [-0.39, 0.29) is 14.9 Å². The maximum Gasteiger partial charge on any atom is 0.286 e. The minimum absolute atomic E-state index is 0.0816. The highest BCUT2D eigenvalue weighted by atomic mass is 32.2. The number of para-hydroxylation sites is 1. The third-order valence-corrected chi connectivity index (χ3v) is 4.32. The fourth-order valence-electron chi connectivity index (χ4n) is 1.96. The summed E-state index contributed by atoms with van der Waals surface area (Å²) in [5.41, 5.74) is 0.250. The van der Waals surface area contributed by atoms with Crippen molar-refractivity contribution in [3.63, 3.8) is 0 Å². The molecule has 0 atom stereocenters. The van der Waals surface area contributed by atoms with Gasteiger partial charge in [0, 0.05) is 6.07 Å². The topological polar surface area (TPSA) is 89.0 Å². The minimum Gasteiger partial charge on any atom is -0.463 e. The van der Waals surface area contributed by atoms with Crippen molar-refractivity contribution in [3.05, 3.63) is 69.0 Å². The number of rotatable bonds is 4. The van der Waals surface area contributed by atoms with Crippen LogP contribution in [0, 0.1) is 10.1 Å². The number of nitro groups is 1. The number of benzene rings is 1. The van der Waals surface area contributed by atoms with Gasteiger partial charge in [-0.25, -0.2) is 0 Å². The average molecular weight is 359 g/mol. The standard InChI is InChI=1S/C15H9N3O4S2/c19-14-13(8-10-4-1-2-6-12(10)18(20)21)24-15(23)17(14)16-9-11-5-3-7-22-11/h1-9H. The van der Waals surface area contributed by atoms with E-state index in [1.54, 1.807) is 30.3 Å². The molecule has 1 aliphatic rings. The average Bonchev–Trinajstić information content (AvgIpc) is 3.16. The smallest absolute Gasteiger partial charge is 0.286 e. The Morgan fingerprint density at radius 2 is 2.08 bits per heavy atom. The Bertz CT molecular complexity index is 875. The molecule has 1 fully saturated rings. The summed E-state index contributed by atoms with van der Waals surface area (Å²) >= 11 is 6.18. The molecule has 3 rings (SSSR count). The van der Waals surface area contributed by atoms with Crippen molar-refractivity contribution >= 4 is 52.2 Å². The van der Waals surface area contributed by atoms with E-state index in [9.17, 15) is 14.9 Å². The first kappa shape index (κ1) is 16.1. The molecule has 0 bridgehead atoms. The third kappa shape index (κ3) is 3.26. The normalized spacial score (nSPS) is 16.5. The van der Waals surface area contributed by atoms with Crippen molar-refractivity contribution in [2.45, 2.75) is 0 Å². The molecule has 0 saturated carbocycles. The van der Waals surface area contributed by atoms with Crippen LogP contribution in [0.25, 0.3) is 6.08 Å². The van der Waals surface area contributed by atoms with Gasteiger partial charge in [-0.05, 0) is 36.5 Å². The summed E-state index contributed by atoms with van der Waals surface area (Å²) in [5, 5.41) is 16.1. The number of carbonyl (C=O) groups is 1. The lowest BCUT2D eigenvalue weighted by Crippen LogP contribution is -2.22. The van der Waals surface area contributed by atoms with E-state index in [0.717, 1.165) is 16.8 Å². The van der Waals surface area contributed by atoms with Crippen LogP contribution in [0.1, 0.15) is 11.3 Å². The zero-order valence-corrected chi connectivity index (χ0v) is 13.6. The van der Waals surface area contributed by atoms with Crippen molar-refractivity contribution in [2.24, 2.45) is 5.10 Å². The number of hydrogen-bond acceptors (Lipinski definition) is 7. The molecule has 24 heavy (non-hydrogen) atoms. The molecule has 0 aliphatic carbocycles. The predicted molar refractivity (Wildman–Crippen MR) is 94.4 cm³/mol.